The van der Waals surface area contributed by atoms with Crippen molar-refractivity contribution in [3.8, 4) is 0 Å². The van der Waals surface area contributed by atoms with Gasteiger partial charge in [0.05, 0.1) is 13.0 Å². The third-order valence-electron chi connectivity index (χ3n) is 6.23. The zero-order chi connectivity index (χ0) is 22.5. The minimum Gasteiger partial charge on any atom is -0.339 e. The topological polar surface area (TPSA) is 43.9 Å². The fourth-order valence-corrected chi connectivity index (χ4v) is 4.36. The van der Waals surface area contributed by atoms with Crippen molar-refractivity contribution in [2.45, 2.75) is 19.9 Å². The van der Waals surface area contributed by atoms with Crippen molar-refractivity contribution in [2.75, 3.05) is 39.8 Å². The van der Waals surface area contributed by atoms with Crippen molar-refractivity contribution >= 4 is 22.6 Å². The van der Waals surface area contributed by atoms with Crippen molar-refractivity contribution in [1.82, 2.24) is 14.7 Å². The SMILES string of the molecule is Cc1cccc(CN2CCN(C(=O)CN(C)C(=O)Cc3cccc4ccccc34)CC2)c1. The molecule has 32 heavy (non-hydrogen) atoms. The summed E-state index contributed by atoms with van der Waals surface area (Å²) >= 11 is 0. The molecular weight excluding hydrogens is 398 g/mol. The molecule has 0 spiro atoms. The number of nitrogens with zero attached hydrogens (tertiary/aromatic N) is 3. The van der Waals surface area contributed by atoms with E-state index in [9.17, 15) is 9.59 Å². The number of hydrogen-bond donors (Lipinski definition) is 0. The number of aryl methyl sites for hydroxylation is 1. The van der Waals surface area contributed by atoms with Crippen LogP contribution in [0, 0.1) is 6.92 Å². The summed E-state index contributed by atoms with van der Waals surface area (Å²) in [5.41, 5.74) is 3.58. The Labute approximate surface area is 190 Å². The van der Waals surface area contributed by atoms with Crippen LogP contribution in [0.3, 0.4) is 0 Å². The van der Waals surface area contributed by atoms with Crippen LogP contribution >= 0.6 is 0 Å². The fourth-order valence-electron chi connectivity index (χ4n) is 4.36. The number of fused-ring (bicyclic) bond motifs is 1. The van der Waals surface area contributed by atoms with Crippen molar-refractivity contribution in [1.29, 1.82) is 0 Å². The number of benzene rings is 3. The molecule has 3 aromatic carbocycles. The summed E-state index contributed by atoms with van der Waals surface area (Å²) in [6.45, 7) is 6.26. The van der Waals surface area contributed by atoms with Gasteiger partial charge in [0.15, 0.2) is 0 Å². The first-order chi connectivity index (χ1) is 15.5. The highest BCUT2D eigenvalue weighted by Crippen LogP contribution is 2.19. The molecule has 0 aliphatic carbocycles. The number of rotatable bonds is 6. The van der Waals surface area contributed by atoms with E-state index in [1.165, 1.54) is 11.1 Å². The molecule has 0 unspecified atom stereocenters. The Morgan fingerprint density at radius 3 is 2.41 bits per heavy atom. The molecule has 1 saturated heterocycles. The average molecular weight is 430 g/mol. The molecule has 2 amide bonds. The normalized spacial score (nSPS) is 14.5. The van der Waals surface area contributed by atoms with E-state index in [1.54, 1.807) is 11.9 Å². The highest BCUT2D eigenvalue weighted by Gasteiger charge is 2.23. The standard InChI is InChI=1S/C27H31N3O2/c1-21-7-5-8-22(17-21)19-29-13-15-30(16-14-29)27(32)20-28(2)26(31)18-24-11-6-10-23-9-3-4-12-25(23)24/h3-12,17H,13-16,18-20H2,1-2H3. The smallest absolute Gasteiger partial charge is 0.242 e. The molecule has 3 aromatic rings. The summed E-state index contributed by atoms with van der Waals surface area (Å²) in [4.78, 5) is 31.4. The summed E-state index contributed by atoms with van der Waals surface area (Å²) in [5.74, 6) is -0.0123. The van der Waals surface area contributed by atoms with Crippen molar-refractivity contribution in [2.24, 2.45) is 0 Å². The summed E-state index contributed by atoms with van der Waals surface area (Å²) in [6.07, 6.45) is 0.301. The van der Waals surface area contributed by atoms with Crippen LogP contribution in [0.25, 0.3) is 10.8 Å². The summed E-state index contributed by atoms with van der Waals surface area (Å²) in [5, 5.41) is 2.22. The van der Waals surface area contributed by atoms with E-state index in [0.29, 0.717) is 19.5 Å². The predicted molar refractivity (Wildman–Crippen MR) is 128 cm³/mol. The molecule has 0 bridgehead atoms. The van der Waals surface area contributed by atoms with E-state index in [2.05, 4.69) is 48.2 Å². The third-order valence-corrected chi connectivity index (χ3v) is 6.23. The second kappa shape index (κ2) is 9.96. The Bertz CT molecular complexity index is 1100. The van der Waals surface area contributed by atoms with E-state index in [-0.39, 0.29) is 18.4 Å². The van der Waals surface area contributed by atoms with Gasteiger partial charge in [-0.2, -0.15) is 0 Å². The van der Waals surface area contributed by atoms with Gasteiger partial charge in [-0.15, -0.1) is 0 Å². The van der Waals surface area contributed by atoms with Crippen LogP contribution in [-0.2, 0) is 22.6 Å². The van der Waals surface area contributed by atoms with Gasteiger partial charge in [-0.05, 0) is 28.8 Å². The highest BCUT2D eigenvalue weighted by molar-refractivity contribution is 5.91. The predicted octanol–water partition coefficient (Wildman–Crippen LogP) is 3.49. The second-order valence-electron chi connectivity index (χ2n) is 8.71. The van der Waals surface area contributed by atoms with Gasteiger partial charge in [0, 0.05) is 39.8 Å². The van der Waals surface area contributed by atoms with Crippen LogP contribution in [0.1, 0.15) is 16.7 Å². The maximum absolute atomic E-state index is 12.8. The minimum atomic E-state index is -0.0345. The molecular formula is C27H31N3O2. The maximum atomic E-state index is 12.8. The average Bonchev–Trinajstić information content (AvgIpc) is 2.80. The summed E-state index contributed by atoms with van der Waals surface area (Å²) in [6, 6.07) is 22.7. The first-order valence-corrected chi connectivity index (χ1v) is 11.3. The van der Waals surface area contributed by atoms with Crippen LogP contribution < -0.4 is 0 Å². The van der Waals surface area contributed by atoms with Crippen LogP contribution in [0.5, 0.6) is 0 Å². The lowest BCUT2D eigenvalue weighted by Crippen LogP contribution is -2.51. The summed E-state index contributed by atoms with van der Waals surface area (Å²) < 4.78 is 0. The molecule has 1 heterocycles. The van der Waals surface area contributed by atoms with E-state index in [4.69, 9.17) is 0 Å². The Morgan fingerprint density at radius 2 is 1.62 bits per heavy atom. The Kier molecular flexibility index (Phi) is 6.86. The lowest BCUT2D eigenvalue weighted by atomic mass is 10.0. The Hall–Kier alpha value is -3.18. The highest BCUT2D eigenvalue weighted by atomic mass is 16.2. The number of carbonyl (C=O) groups excluding carboxylic acids is 2. The number of carbonyl (C=O) groups is 2. The molecule has 5 nitrogen and oxygen atoms in total. The minimum absolute atomic E-state index is 0.0222. The number of piperazine rings is 1. The lowest BCUT2D eigenvalue weighted by Gasteiger charge is -2.35. The van der Waals surface area contributed by atoms with Gasteiger partial charge in [0.25, 0.3) is 0 Å². The Morgan fingerprint density at radius 1 is 0.906 bits per heavy atom. The maximum Gasteiger partial charge on any atom is 0.242 e. The lowest BCUT2D eigenvalue weighted by molar-refractivity contribution is -0.140. The number of hydrogen-bond acceptors (Lipinski definition) is 3. The first-order valence-electron chi connectivity index (χ1n) is 11.3. The molecule has 1 aliphatic rings. The van der Waals surface area contributed by atoms with E-state index >= 15 is 0 Å². The van der Waals surface area contributed by atoms with Crippen LogP contribution in [0.4, 0.5) is 0 Å². The first kappa shape index (κ1) is 22.0. The zero-order valence-electron chi connectivity index (χ0n) is 19.0. The van der Waals surface area contributed by atoms with Gasteiger partial charge in [-0.3, -0.25) is 14.5 Å². The molecule has 166 valence electrons. The monoisotopic (exact) mass is 429 g/mol. The molecule has 0 saturated carbocycles. The molecule has 1 aliphatic heterocycles. The van der Waals surface area contributed by atoms with Crippen molar-refractivity contribution in [3.63, 3.8) is 0 Å². The van der Waals surface area contributed by atoms with Gasteiger partial charge in [-0.25, -0.2) is 0 Å². The molecule has 5 heteroatoms. The van der Waals surface area contributed by atoms with Gasteiger partial charge >= 0.3 is 0 Å². The van der Waals surface area contributed by atoms with Crippen LogP contribution in [0.2, 0.25) is 0 Å². The van der Waals surface area contributed by atoms with Gasteiger partial charge < -0.3 is 9.80 Å². The van der Waals surface area contributed by atoms with Crippen LogP contribution in [-0.4, -0.2) is 66.3 Å². The number of likely N-dealkylation sites (N-methyl/N-ethyl adjacent to an activating group) is 1. The van der Waals surface area contributed by atoms with Crippen LogP contribution in [0.15, 0.2) is 66.7 Å². The summed E-state index contributed by atoms with van der Waals surface area (Å²) in [7, 11) is 1.72. The number of amides is 2. The van der Waals surface area contributed by atoms with Crippen molar-refractivity contribution < 1.29 is 9.59 Å². The van der Waals surface area contributed by atoms with Gasteiger partial charge in [0.1, 0.15) is 0 Å². The van der Waals surface area contributed by atoms with E-state index in [0.717, 1.165) is 36.0 Å². The molecule has 0 aromatic heterocycles. The molecule has 4 rings (SSSR count). The zero-order valence-corrected chi connectivity index (χ0v) is 19.0. The van der Waals surface area contributed by atoms with Gasteiger partial charge in [0.2, 0.25) is 11.8 Å². The fraction of sp³-hybridized carbons (Fsp3) is 0.333. The third kappa shape index (κ3) is 5.35. The molecule has 0 radical (unpaired) electrons. The second-order valence-corrected chi connectivity index (χ2v) is 8.71. The van der Waals surface area contributed by atoms with E-state index in [1.807, 2.05) is 35.2 Å². The molecule has 0 atom stereocenters. The largest absolute Gasteiger partial charge is 0.339 e. The molecule has 1 fully saturated rings. The van der Waals surface area contributed by atoms with E-state index < -0.39 is 0 Å². The Balaban J connectivity index is 1.28. The van der Waals surface area contributed by atoms with Crippen molar-refractivity contribution in [3.05, 3.63) is 83.4 Å². The molecule has 0 N–H and O–H groups in total. The van der Waals surface area contributed by atoms with Gasteiger partial charge in [-0.1, -0.05) is 72.3 Å². The quantitative estimate of drug-likeness (QED) is 0.603.